The van der Waals surface area contributed by atoms with Crippen molar-refractivity contribution in [2.45, 2.75) is 6.92 Å². The van der Waals surface area contributed by atoms with Crippen molar-refractivity contribution in [3.63, 3.8) is 0 Å². The van der Waals surface area contributed by atoms with Gasteiger partial charge in [-0.2, -0.15) is 5.10 Å². The van der Waals surface area contributed by atoms with Crippen LogP contribution in [0.4, 0.5) is 0 Å². The lowest BCUT2D eigenvalue weighted by Crippen LogP contribution is -2.19. The molecule has 0 fully saturated rings. The van der Waals surface area contributed by atoms with Gasteiger partial charge in [0.1, 0.15) is 5.75 Å². The maximum absolute atomic E-state index is 11.9. The molecule has 0 aliphatic heterocycles. The summed E-state index contributed by atoms with van der Waals surface area (Å²) in [7, 11) is 0. The number of hydrazone groups is 1. The first-order valence-corrected chi connectivity index (χ1v) is 7.13. The molecule has 20 heavy (non-hydrogen) atoms. The summed E-state index contributed by atoms with van der Waals surface area (Å²) in [6.07, 6.45) is 0. The standard InChI is InChI=1S/C13H10Cl2N2O2S/c1-7(11-4-5-12(15)20-11)16-17-13(19)9-6-8(14)2-3-10(9)18/h2-6,18H,1H3,(H,17,19). The van der Waals surface area contributed by atoms with E-state index in [9.17, 15) is 9.90 Å². The van der Waals surface area contributed by atoms with Crippen LogP contribution < -0.4 is 5.43 Å². The molecule has 2 aromatic rings. The number of carbonyl (C=O) groups is 1. The van der Waals surface area contributed by atoms with Gasteiger partial charge in [0.2, 0.25) is 0 Å². The summed E-state index contributed by atoms with van der Waals surface area (Å²) in [6.45, 7) is 1.75. The van der Waals surface area contributed by atoms with Crippen LogP contribution >= 0.6 is 34.5 Å². The summed E-state index contributed by atoms with van der Waals surface area (Å²) in [6, 6.07) is 7.79. The number of nitrogens with zero attached hydrogens (tertiary/aromatic N) is 1. The van der Waals surface area contributed by atoms with Crippen LogP contribution in [0.25, 0.3) is 0 Å². The van der Waals surface area contributed by atoms with E-state index >= 15 is 0 Å². The summed E-state index contributed by atoms with van der Waals surface area (Å²) < 4.78 is 0.647. The highest BCUT2D eigenvalue weighted by atomic mass is 35.5. The van der Waals surface area contributed by atoms with Crippen LogP contribution in [-0.4, -0.2) is 16.7 Å². The van der Waals surface area contributed by atoms with E-state index in [0.717, 1.165) is 4.88 Å². The van der Waals surface area contributed by atoms with Gasteiger partial charge in [0.05, 0.1) is 20.5 Å². The lowest BCUT2D eigenvalue weighted by atomic mass is 10.2. The zero-order valence-corrected chi connectivity index (χ0v) is 12.7. The number of halogens is 2. The van der Waals surface area contributed by atoms with Crippen LogP contribution in [0.5, 0.6) is 5.75 Å². The molecule has 0 unspecified atom stereocenters. The molecule has 0 saturated carbocycles. The first-order valence-electron chi connectivity index (χ1n) is 5.56. The number of hydrogen-bond donors (Lipinski definition) is 2. The van der Waals surface area contributed by atoms with Gasteiger partial charge in [0.25, 0.3) is 5.91 Å². The number of aromatic hydroxyl groups is 1. The molecule has 1 amide bonds. The molecule has 1 aromatic heterocycles. The fourth-order valence-corrected chi connectivity index (χ4v) is 2.61. The molecular formula is C13H10Cl2N2O2S. The minimum Gasteiger partial charge on any atom is -0.507 e. The minimum absolute atomic E-state index is 0.0678. The van der Waals surface area contributed by atoms with Crippen LogP contribution in [0.1, 0.15) is 22.2 Å². The summed E-state index contributed by atoms with van der Waals surface area (Å²) in [5, 5.41) is 13.9. The molecule has 0 spiro atoms. The Morgan fingerprint density at radius 2 is 2.05 bits per heavy atom. The zero-order chi connectivity index (χ0) is 14.7. The van der Waals surface area contributed by atoms with Crippen molar-refractivity contribution in [3.05, 3.63) is 50.1 Å². The average molecular weight is 329 g/mol. The Balaban J connectivity index is 2.14. The van der Waals surface area contributed by atoms with Gasteiger partial charge in [-0.05, 0) is 37.3 Å². The van der Waals surface area contributed by atoms with Crippen molar-refractivity contribution in [1.82, 2.24) is 5.43 Å². The molecule has 1 aromatic carbocycles. The van der Waals surface area contributed by atoms with E-state index in [4.69, 9.17) is 23.2 Å². The number of rotatable bonds is 3. The molecular weight excluding hydrogens is 319 g/mol. The molecule has 4 nitrogen and oxygen atoms in total. The third-order valence-electron chi connectivity index (χ3n) is 2.46. The monoisotopic (exact) mass is 328 g/mol. The van der Waals surface area contributed by atoms with Gasteiger partial charge in [0, 0.05) is 5.02 Å². The number of amides is 1. The first-order chi connectivity index (χ1) is 9.47. The second-order valence-electron chi connectivity index (χ2n) is 3.90. The van der Waals surface area contributed by atoms with Gasteiger partial charge >= 0.3 is 0 Å². The topological polar surface area (TPSA) is 61.7 Å². The Bertz CT molecular complexity index is 683. The number of phenols is 1. The van der Waals surface area contributed by atoms with E-state index in [2.05, 4.69) is 10.5 Å². The number of hydrogen-bond acceptors (Lipinski definition) is 4. The maximum atomic E-state index is 11.9. The van der Waals surface area contributed by atoms with Gasteiger partial charge in [-0.3, -0.25) is 4.79 Å². The quantitative estimate of drug-likeness (QED) is 0.662. The lowest BCUT2D eigenvalue weighted by Gasteiger charge is -2.04. The molecule has 0 bridgehead atoms. The third-order valence-corrected chi connectivity index (χ3v) is 4.03. The van der Waals surface area contributed by atoms with E-state index in [1.165, 1.54) is 29.5 Å². The molecule has 0 aliphatic carbocycles. The van der Waals surface area contributed by atoms with E-state index < -0.39 is 5.91 Å². The molecule has 0 saturated heterocycles. The fraction of sp³-hybridized carbons (Fsp3) is 0.0769. The van der Waals surface area contributed by atoms with Gasteiger partial charge in [-0.1, -0.05) is 23.2 Å². The van der Waals surface area contributed by atoms with Crippen LogP contribution in [0.15, 0.2) is 35.4 Å². The largest absolute Gasteiger partial charge is 0.507 e. The second kappa shape index (κ2) is 6.26. The highest BCUT2D eigenvalue weighted by Crippen LogP contribution is 2.23. The van der Waals surface area contributed by atoms with E-state index in [1.54, 1.807) is 13.0 Å². The number of nitrogens with one attached hydrogen (secondary N) is 1. The lowest BCUT2D eigenvalue weighted by molar-refractivity contribution is 0.0952. The predicted octanol–water partition coefficient (Wildman–Crippen LogP) is 3.91. The molecule has 0 aliphatic rings. The van der Waals surface area contributed by atoms with E-state index in [-0.39, 0.29) is 11.3 Å². The number of carbonyl (C=O) groups excluding carboxylic acids is 1. The SMILES string of the molecule is CC(=NNC(=O)c1cc(Cl)ccc1O)c1ccc(Cl)s1. The summed E-state index contributed by atoms with van der Waals surface area (Å²) in [5.41, 5.74) is 3.06. The van der Waals surface area contributed by atoms with Crippen molar-refractivity contribution in [1.29, 1.82) is 0 Å². The average Bonchev–Trinajstić information content (AvgIpc) is 2.85. The highest BCUT2D eigenvalue weighted by Gasteiger charge is 2.11. The van der Waals surface area contributed by atoms with Gasteiger partial charge in [-0.25, -0.2) is 5.43 Å². The Kier molecular flexibility index (Phi) is 4.65. The van der Waals surface area contributed by atoms with Crippen LogP contribution in [0.2, 0.25) is 9.36 Å². The number of benzene rings is 1. The summed E-state index contributed by atoms with van der Waals surface area (Å²) >= 11 is 13.0. The van der Waals surface area contributed by atoms with Gasteiger partial charge in [-0.15, -0.1) is 11.3 Å². The van der Waals surface area contributed by atoms with E-state index in [1.807, 2.05) is 6.07 Å². The van der Waals surface area contributed by atoms with Crippen molar-refractivity contribution >= 4 is 46.2 Å². The van der Waals surface area contributed by atoms with Crippen molar-refractivity contribution in [3.8, 4) is 5.75 Å². The minimum atomic E-state index is -0.535. The Hall–Kier alpha value is -1.56. The highest BCUT2D eigenvalue weighted by molar-refractivity contribution is 7.18. The van der Waals surface area contributed by atoms with E-state index in [0.29, 0.717) is 15.1 Å². The van der Waals surface area contributed by atoms with Gasteiger partial charge < -0.3 is 5.11 Å². The smallest absolute Gasteiger partial charge is 0.275 e. The van der Waals surface area contributed by atoms with Crippen molar-refractivity contribution in [2.24, 2.45) is 5.10 Å². The Morgan fingerprint density at radius 1 is 1.30 bits per heavy atom. The summed E-state index contributed by atoms with van der Waals surface area (Å²) in [5.74, 6) is -0.689. The number of phenolic OH excluding ortho intramolecular Hbond substituents is 1. The van der Waals surface area contributed by atoms with Crippen molar-refractivity contribution < 1.29 is 9.90 Å². The molecule has 104 valence electrons. The second-order valence-corrected chi connectivity index (χ2v) is 6.05. The molecule has 1 heterocycles. The van der Waals surface area contributed by atoms with Crippen LogP contribution in [0, 0.1) is 0 Å². The summed E-state index contributed by atoms with van der Waals surface area (Å²) in [4.78, 5) is 12.8. The predicted molar refractivity (Wildman–Crippen MR) is 82.1 cm³/mol. The molecule has 2 N–H and O–H groups in total. The molecule has 0 radical (unpaired) electrons. The first kappa shape index (κ1) is 14.8. The zero-order valence-electron chi connectivity index (χ0n) is 10.4. The molecule has 7 heteroatoms. The van der Waals surface area contributed by atoms with Crippen LogP contribution in [-0.2, 0) is 0 Å². The van der Waals surface area contributed by atoms with Crippen LogP contribution in [0.3, 0.4) is 0 Å². The third kappa shape index (κ3) is 3.50. The Labute approximate surface area is 129 Å². The molecule has 2 rings (SSSR count). The normalized spacial score (nSPS) is 11.4. The van der Waals surface area contributed by atoms with Crippen molar-refractivity contribution in [2.75, 3.05) is 0 Å². The maximum Gasteiger partial charge on any atom is 0.275 e. The Morgan fingerprint density at radius 3 is 2.70 bits per heavy atom. The van der Waals surface area contributed by atoms with Gasteiger partial charge in [0.15, 0.2) is 0 Å². The fourth-order valence-electron chi connectivity index (χ4n) is 1.45. The number of thiophene rings is 1. The molecule has 0 atom stereocenters.